The minimum absolute atomic E-state index is 0.273. The highest BCUT2D eigenvalue weighted by atomic mass is 19.4. The van der Waals surface area contributed by atoms with E-state index in [0.29, 0.717) is 18.7 Å². The van der Waals surface area contributed by atoms with Gasteiger partial charge in [0.15, 0.2) is 0 Å². The molecule has 0 saturated carbocycles. The number of aliphatic hydroxyl groups excluding tert-OH is 1. The Labute approximate surface area is 104 Å². The van der Waals surface area contributed by atoms with Crippen molar-refractivity contribution in [3.63, 3.8) is 0 Å². The molecule has 6 heteroatoms. The molecule has 0 amide bonds. The van der Waals surface area contributed by atoms with E-state index in [1.807, 2.05) is 0 Å². The summed E-state index contributed by atoms with van der Waals surface area (Å²) in [6.45, 7) is 0.610. The lowest BCUT2D eigenvalue weighted by atomic mass is 10.0. The van der Waals surface area contributed by atoms with Crippen molar-refractivity contribution in [2.75, 3.05) is 26.9 Å². The number of aliphatic hydroxyl groups is 1. The van der Waals surface area contributed by atoms with E-state index in [9.17, 15) is 18.3 Å². The molecule has 0 bridgehead atoms. The van der Waals surface area contributed by atoms with E-state index in [2.05, 4.69) is 5.32 Å². The first kappa shape index (κ1) is 14.9. The fraction of sp³-hybridized carbons (Fsp3) is 0.500. The maximum absolute atomic E-state index is 12.5. The van der Waals surface area contributed by atoms with Crippen LogP contribution in [-0.4, -0.2) is 32.0 Å². The van der Waals surface area contributed by atoms with E-state index >= 15 is 0 Å². The third kappa shape index (κ3) is 4.29. The molecule has 102 valence electrons. The van der Waals surface area contributed by atoms with Crippen LogP contribution in [0.25, 0.3) is 0 Å². The predicted molar refractivity (Wildman–Crippen MR) is 61.1 cm³/mol. The van der Waals surface area contributed by atoms with Crippen molar-refractivity contribution < 1.29 is 23.0 Å². The molecule has 0 radical (unpaired) electrons. The lowest BCUT2D eigenvalue weighted by Crippen LogP contribution is -2.27. The highest BCUT2D eigenvalue weighted by Gasteiger charge is 2.30. The topological polar surface area (TPSA) is 41.5 Å². The molecular formula is C12H16F3NO2. The Kier molecular flexibility index (Phi) is 5.58. The number of hydrogen-bond donors (Lipinski definition) is 2. The van der Waals surface area contributed by atoms with E-state index in [4.69, 9.17) is 4.74 Å². The van der Waals surface area contributed by atoms with E-state index < -0.39 is 17.8 Å². The summed E-state index contributed by atoms with van der Waals surface area (Å²) >= 11 is 0. The van der Waals surface area contributed by atoms with Crippen molar-refractivity contribution in [1.82, 2.24) is 5.32 Å². The number of alkyl halides is 3. The van der Waals surface area contributed by atoms with E-state index in [0.717, 1.165) is 12.1 Å². The molecule has 0 aliphatic rings. The molecule has 1 atom stereocenters. The lowest BCUT2D eigenvalue weighted by molar-refractivity contribution is -0.137. The fourth-order valence-corrected chi connectivity index (χ4v) is 1.55. The fourth-order valence-electron chi connectivity index (χ4n) is 1.55. The van der Waals surface area contributed by atoms with Crippen LogP contribution >= 0.6 is 0 Å². The predicted octanol–water partition coefficient (Wildman–Crippen LogP) is 1.97. The molecule has 0 aromatic heterocycles. The Hall–Kier alpha value is -1.11. The number of nitrogens with one attached hydrogen (secondary N) is 1. The summed E-state index contributed by atoms with van der Waals surface area (Å²) in [5.74, 6) is 0. The van der Waals surface area contributed by atoms with Crippen LogP contribution in [0.3, 0.4) is 0 Å². The Bertz CT molecular complexity index is 369. The molecule has 2 N–H and O–H groups in total. The number of hydrogen-bond acceptors (Lipinski definition) is 3. The average molecular weight is 263 g/mol. The molecule has 0 saturated heterocycles. The van der Waals surface area contributed by atoms with Gasteiger partial charge in [0, 0.05) is 13.7 Å². The van der Waals surface area contributed by atoms with Gasteiger partial charge >= 0.3 is 6.18 Å². The third-order valence-corrected chi connectivity index (χ3v) is 2.50. The average Bonchev–Trinajstić information content (AvgIpc) is 2.34. The van der Waals surface area contributed by atoms with Gasteiger partial charge in [-0.15, -0.1) is 0 Å². The molecule has 0 fully saturated rings. The molecule has 0 heterocycles. The van der Waals surface area contributed by atoms with Crippen LogP contribution in [0, 0.1) is 0 Å². The second-order valence-corrected chi connectivity index (χ2v) is 3.81. The van der Waals surface area contributed by atoms with Crippen molar-refractivity contribution in [2.24, 2.45) is 0 Å². The number of ether oxygens (including phenoxy) is 1. The first-order chi connectivity index (χ1) is 8.49. The Morgan fingerprint density at radius 1 is 1.39 bits per heavy atom. The number of benzene rings is 1. The molecule has 0 aliphatic heterocycles. The molecule has 0 aliphatic carbocycles. The smallest absolute Gasteiger partial charge is 0.394 e. The summed E-state index contributed by atoms with van der Waals surface area (Å²) in [4.78, 5) is 0. The van der Waals surface area contributed by atoms with E-state index in [1.165, 1.54) is 13.2 Å². The summed E-state index contributed by atoms with van der Waals surface area (Å²) in [7, 11) is 1.53. The largest absolute Gasteiger partial charge is 0.416 e. The van der Waals surface area contributed by atoms with Crippen molar-refractivity contribution >= 4 is 0 Å². The molecule has 1 aromatic carbocycles. The lowest BCUT2D eigenvalue weighted by Gasteiger charge is -2.18. The van der Waals surface area contributed by atoms with Gasteiger partial charge in [-0.1, -0.05) is 12.1 Å². The molecule has 0 spiro atoms. The third-order valence-electron chi connectivity index (χ3n) is 2.50. The normalized spacial score (nSPS) is 13.6. The van der Waals surface area contributed by atoms with Gasteiger partial charge < -0.3 is 15.2 Å². The van der Waals surface area contributed by atoms with Crippen LogP contribution in [0.15, 0.2) is 24.3 Å². The van der Waals surface area contributed by atoms with Gasteiger partial charge in [0.05, 0.1) is 24.8 Å². The van der Waals surface area contributed by atoms with Gasteiger partial charge in [-0.25, -0.2) is 0 Å². The monoisotopic (exact) mass is 263 g/mol. The van der Waals surface area contributed by atoms with E-state index in [-0.39, 0.29) is 6.61 Å². The number of rotatable bonds is 6. The van der Waals surface area contributed by atoms with Crippen LogP contribution in [0.2, 0.25) is 0 Å². The van der Waals surface area contributed by atoms with Crippen LogP contribution < -0.4 is 5.32 Å². The van der Waals surface area contributed by atoms with Crippen LogP contribution in [0.1, 0.15) is 17.2 Å². The molecule has 3 nitrogen and oxygen atoms in total. The van der Waals surface area contributed by atoms with Crippen molar-refractivity contribution in [2.45, 2.75) is 12.2 Å². The Morgan fingerprint density at radius 3 is 2.67 bits per heavy atom. The number of methoxy groups -OCH3 is 1. The first-order valence-electron chi connectivity index (χ1n) is 5.49. The van der Waals surface area contributed by atoms with Gasteiger partial charge in [-0.2, -0.15) is 13.2 Å². The van der Waals surface area contributed by atoms with Gasteiger partial charge in [-0.3, -0.25) is 0 Å². The zero-order valence-corrected chi connectivity index (χ0v) is 10.00. The SMILES string of the molecule is COCCNC(CO)c1cccc(C(F)(F)F)c1. The molecule has 1 aromatic rings. The molecule has 18 heavy (non-hydrogen) atoms. The van der Waals surface area contributed by atoms with Crippen molar-refractivity contribution in [3.8, 4) is 0 Å². The van der Waals surface area contributed by atoms with Gasteiger partial charge in [-0.05, 0) is 17.7 Å². The molecular weight excluding hydrogens is 247 g/mol. The maximum atomic E-state index is 12.5. The number of halogens is 3. The summed E-state index contributed by atoms with van der Waals surface area (Å²) in [5, 5.41) is 12.1. The minimum atomic E-state index is -4.37. The standard InChI is InChI=1S/C12H16F3NO2/c1-18-6-5-16-11(8-17)9-3-2-4-10(7-9)12(13,14)15/h2-4,7,11,16-17H,5-6,8H2,1H3. The summed E-state index contributed by atoms with van der Waals surface area (Å²) < 4.78 is 42.4. The summed E-state index contributed by atoms with van der Waals surface area (Å²) in [6, 6.07) is 4.41. The van der Waals surface area contributed by atoms with Crippen LogP contribution in [0.5, 0.6) is 0 Å². The van der Waals surface area contributed by atoms with Crippen LogP contribution in [-0.2, 0) is 10.9 Å². The minimum Gasteiger partial charge on any atom is -0.394 e. The van der Waals surface area contributed by atoms with E-state index in [1.54, 1.807) is 6.07 Å². The van der Waals surface area contributed by atoms with Gasteiger partial charge in [0.2, 0.25) is 0 Å². The zero-order valence-electron chi connectivity index (χ0n) is 10.00. The quantitative estimate of drug-likeness (QED) is 0.771. The van der Waals surface area contributed by atoms with Crippen LogP contribution in [0.4, 0.5) is 13.2 Å². The highest BCUT2D eigenvalue weighted by Crippen LogP contribution is 2.30. The zero-order chi connectivity index (χ0) is 13.6. The summed E-state index contributed by atoms with van der Waals surface area (Å²) in [6.07, 6.45) is -4.37. The van der Waals surface area contributed by atoms with Gasteiger partial charge in [0.25, 0.3) is 0 Å². The summed E-state index contributed by atoms with van der Waals surface area (Å²) in [5.41, 5.74) is -0.310. The second-order valence-electron chi connectivity index (χ2n) is 3.81. The van der Waals surface area contributed by atoms with Crippen molar-refractivity contribution in [1.29, 1.82) is 0 Å². The Morgan fingerprint density at radius 2 is 2.11 bits per heavy atom. The van der Waals surface area contributed by atoms with Crippen molar-refractivity contribution in [3.05, 3.63) is 35.4 Å². The Balaban J connectivity index is 2.79. The molecule has 1 unspecified atom stereocenters. The highest BCUT2D eigenvalue weighted by molar-refractivity contribution is 5.28. The first-order valence-corrected chi connectivity index (χ1v) is 5.49. The maximum Gasteiger partial charge on any atom is 0.416 e. The van der Waals surface area contributed by atoms with Gasteiger partial charge in [0.1, 0.15) is 0 Å². The molecule has 1 rings (SSSR count). The second kappa shape index (κ2) is 6.72.